The van der Waals surface area contributed by atoms with Gasteiger partial charge >= 0.3 is 0 Å². The highest BCUT2D eigenvalue weighted by Gasteiger charge is 2.41. The zero-order chi connectivity index (χ0) is 22.0. The second kappa shape index (κ2) is 8.66. The second-order valence-electron chi connectivity index (χ2n) is 7.02. The highest BCUT2D eigenvalue weighted by Crippen LogP contribution is 2.39. The Kier molecular flexibility index (Phi) is 5.78. The zero-order valence-electron chi connectivity index (χ0n) is 17.2. The number of ether oxygens (including phenoxy) is 1. The van der Waals surface area contributed by atoms with Crippen molar-refractivity contribution in [1.29, 1.82) is 0 Å². The lowest BCUT2D eigenvalue weighted by Crippen LogP contribution is -2.32. The quantitative estimate of drug-likeness (QED) is 0.536. The van der Waals surface area contributed by atoms with E-state index < -0.39 is 11.8 Å². The van der Waals surface area contributed by atoms with Crippen LogP contribution in [-0.4, -0.2) is 18.9 Å². The fraction of sp³-hybridized carbons (Fsp3) is 0.120. The van der Waals surface area contributed by atoms with Gasteiger partial charge in [-0.1, -0.05) is 61.0 Å². The van der Waals surface area contributed by atoms with Gasteiger partial charge in [0.25, 0.3) is 11.8 Å². The molecule has 0 aliphatic carbocycles. The Balaban J connectivity index is 1.85. The number of aryl methyl sites for hydroxylation is 1. The molecule has 3 aromatic rings. The van der Waals surface area contributed by atoms with E-state index in [1.54, 1.807) is 42.5 Å². The number of nitrogens with one attached hydrogen (secondary N) is 1. The molecule has 1 aliphatic rings. The van der Waals surface area contributed by atoms with E-state index in [0.717, 1.165) is 11.3 Å². The lowest BCUT2D eigenvalue weighted by Gasteiger charge is -2.17. The van der Waals surface area contributed by atoms with E-state index in [1.165, 1.54) is 12.7 Å². The smallest absolute Gasteiger partial charge is 0.282 e. The molecule has 0 atom stereocenters. The van der Waals surface area contributed by atoms with Crippen LogP contribution >= 0.6 is 11.6 Å². The molecule has 0 saturated carbocycles. The Hall–Kier alpha value is -3.57. The average Bonchev–Trinajstić information content (AvgIpc) is 3.04. The van der Waals surface area contributed by atoms with Gasteiger partial charge in [-0.15, -0.1) is 0 Å². The van der Waals surface area contributed by atoms with Crippen molar-refractivity contribution in [3.05, 3.63) is 94.6 Å². The third kappa shape index (κ3) is 3.80. The number of para-hydroxylation sites is 2. The summed E-state index contributed by atoms with van der Waals surface area (Å²) >= 11 is 6.32. The van der Waals surface area contributed by atoms with Gasteiger partial charge in [-0.2, -0.15) is 0 Å². The average molecular weight is 433 g/mol. The largest absolute Gasteiger partial charge is 0.496 e. The molecule has 1 heterocycles. The molecule has 5 nitrogen and oxygen atoms in total. The molecule has 1 aliphatic heterocycles. The number of anilines is 2. The molecule has 2 amide bonds. The van der Waals surface area contributed by atoms with Crippen LogP contribution in [0.4, 0.5) is 11.4 Å². The van der Waals surface area contributed by atoms with E-state index in [9.17, 15) is 9.59 Å². The molecular weight excluding hydrogens is 412 g/mol. The first-order valence-electron chi connectivity index (χ1n) is 9.92. The number of benzene rings is 3. The maximum Gasteiger partial charge on any atom is 0.282 e. The molecule has 1 N–H and O–H groups in total. The van der Waals surface area contributed by atoms with Crippen LogP contribution in [-0.2, 0) is 16.0 Å². The van der Waals surface area contributed by atoms with E-state index in [2.05, 4.69) is 12.2 Å². The summed E-state index contributed by atoms with van der Waals surface area (Å²) in [5.41, 5.74) is 3.17. The van der Waals surface area contributed by atoms with Crippen LogP contribution in [0.5, 0.6) is 5.75 Å². The number of carbonyl (C=O) groups is 2. The van der Waals surface area contributed by atoms with Crippen LogP contribution in [0.2, 0.25) is 5.02 Å². The Morgan fingerprint density at radius 2 is 1.58 bits per heavy atom. The van der Waals surface area contributed by atoms with Crippen LogP contribution in [0.15, 0.2) is 78.5 Å². The molecule has 0 aromatic heterocycles. The van der Waals surface area contributed by atoms with Crippen molar-refractivity contribution in [3.63, 3.8) is 0 Å². The van der Waals surface area contributed by atoms with Crippen molar-refractivity contribution >= 4 is 40.4 Å². The van der Waals surface area contributed by atoms with Gasteiger partial charge in [0.2, 0.25) is 0 Å². The topological polar surface area (TPSA) is 58.6 Å². The maximum absolute atomic E-state index is 13.5. The number of nitrogens with zero attached hydrogens (tertiary/aromatic N) is 1. The first kappa shape index (κ1) is 20.7. The molecule has 3 aromatic carbocycles. The van der Waals surface area contributed by atoms with Gasteiger partial charge < -0.3 is 10.1 Å². The molecule has 0 radical (unpaired) electrons. The van der Waals surface area contributed by atoms with Crippen LogP contribution < -0.4 is 15.0 Å². The summed E-state index contributed by atoms with van der Waals surface area (Å²) in [5.74, 6) is -0.436. The van der Waals surface area contributed by atoms with Crippen molar-refractivity contribution in [2.45, 2.75) is 13.3 Å². The molecule has 0 spiro atoms. The van der Waals surface area contributed by atoms with E-state index in [0.29, 0.717) is 27.7 Å². The molecule has 0 saturated heterocycles. The standard InChI is InChI=1S/C25H21ClN2O3/c1-3-16-12-14-17(15-13-16)27-23-22(18-8-4-7-11-21(18)31-2)24(29)28(25(23)30)20-10-6-5-9-19(20)26/h4-15,27H,3H2,1-2H3. The first-order chi connectivity index (χ1) is 15.0. The molecule has 0 fully saturated rings. The highest BCUT2D eigenvalue weighted by atomic mass is 35.5. The van der Waals surface area contributed by atoms with Crippen LogP contribution in [0.25, 0.3) is 5.57 Å². The van der Waals surface area contributed by atoms with E-state index in [-0.39, 0.29) is 11.3 Å². The fourth-order valence-corrected chi connectivity index (χ4v) is 3.79. The Labute approximate surface area is 185 Å². The third-order valence-corrected chi connectivity index (χ3v) is 5.50. The van der Waals surface area contributed by atoms with Gasteiger partial charge in [0.15, 0.2) is 0 Å². The number of hydrogen-bond acceptors (Lipinski definition) is 4. The summed E-state index contributed by atoms with van der Waals surface area (Å²) in [6.07, 6.45) is 0.910. The number of halogens is 1. The van der Waals surface area contributed by atoms with Crippen molar-refractivity contribution in [1.82, 2.24) is 0 Å². The Bertz CT molecular complexity index is 1190. The number of amides is 2. The highest BCUT2D eigenvalue weighted by molar-refractivity contribution is 6.48. The molecular formula is C25H21ClN2O3. The number of rotatable bonds is 6. The summed E-state index contributed by atoms with van der Waals surface area (Å²) in [4.78, 5) is 28.1. The van der Waals surface area contributed by atoms with Crippen molar-refractivity contribution in [3.8, 4) is 5.75 Å². The minimum atomic E-state index is -0.474. The maximum atomic E-state index is 13.5. The van der Waals surface area contributed by atoms with Crippen LogP contribution in [0.3, 0.4) is 0 Å². The van der Waals surface area contributed by atoms with E-state index in [4.69, 9.17) is 16.3 Å². The van der Waals surface area contributed by atoms with Gasteiger partial charge in [-0.05, 0) is 42.3 Å². The van der Waals surface area contributed by atoms with Gasteiger partial charge in [-0.25, -0.2) is 4.90 Å². The Morgan fingerprint density at radius 3 is 2.26 bits per heavy atom. The van der Waals surface area contributed by atoms with Gasteiger partial charge in [0.05, 0.1) is 23.4 Å². The molecule has 0 bridgehead atoms. The summed E-state index contributed by atoms with van der Waals surface area (Å²) in [5, 5.41) is 3.48. The Morgan fingerprint density at radius 1 is 0.903 bits per heavy atom. The van der Waals surface area contributed by atoms with Gasteiger partial charge in [-0.3, -0.25) is 9.59 Å². The molecule has 31 heavy (non-hydrogen) atoms. The van der Waals surface area contributed by atoms with Crippen LogP contribution in [0, 0.1) is 0 Å². The monoisotopic (exact) mass is 432 g/mol. The van der Waals surface area contributed by atoms with E-state index >= 15 is 0 Å². The number of hydrogen-bond donors (Lipinski definition) is 1. The predicted molar refractivity (Wildman–Crippen MR) is 123 cm³/mol. The molecule has 0 unspecified atom stereocenters. The lowest BCUT2D eigenvalue weighted by molar-refractivity contribution is -0.120. The number of methoxy groups -OCH3 is 1. The normalized spacial score (nSPS) is 13.7. The molecule has 156 valence electrons. The SMILES string of the molecule is CCc1ccc(NC2=C(c3ccccc3OC)C(=O)N(c3ccccc3Cl)C2=O)cc1. The minimum Gasteiger partial charge on any atom is -0.496 e. The lowest BCUT2D eigenvalue weighted by atomic mass is 10.0. The number of imide groups is 1. The second-order valence-corrected chi connectivity index (χ2v) is 7.43. The summed E-state index contributed by atoms with van der Waals surface area (Å²) < 4.78 is 5.46. The van der Waals surface area contributed by atoms with Crippen molar-refractivity contribution < 1.29 is 14.3 Å². The number of carbonyl (C=O) groups excluding carboxylic acids is 2. The van der Waals surface area contributed by atoms with E-state index in [1.807, 2.05) is 30.3 Å². The first-order valence-corrected chi connectivity index (χ1v) is 10.3. The molecule has 6 heteroatoms. The molecule has 4 rings (SSSR count). The van der Waals surface area contributed by atoms with Gasteiger partial charge in [0.1, 0.15) is 11.4 Å². The van der Waals surface area contributed by atoms with Crippen LogP contribution in [0.1, 0.15) is 18.1 Å². The predicted octanol–water partition coefficient (Wildman–Crippen LogP) is 5.31. The summed E-state index contributed by atoms with van der Waals surface area (Å²) in [7, 11) is 1.53. The van der Waals surface area contributed by atoms with Gasteiger partial charge in [0, 0.05) is 11.3 Å². The van der Waals surface area contributed by atoms with Crippen molar-refractivity contribution in [2.75, 3.05) is 17.3 Å². The third-order valence-electron chi connectivity index (χ3n) is 5.19. The summed E-state index contributed by atoms with van der Waals surface area (Å²) in [6, 6.07) is 21.7. The van der Waals surface area contributed by atoms with Crippen molar-refractivity contribution in [2.24, 2.45) is 0 Å². The minimum absolute atomic E-state index is 0.179. The zero-order valence-corrected chi connectivity index (χ0v) is 17.9. The fourth-order valence-electron chi connectivity index (χ4n) is 3.57. The summed E-state index contributed by atoms with van der Waals surface area (Å²) in [6.45, 7) is 2.07.